The molecule has 0 bridgehead atoms. The molecule has 1 aromatic heterocycles. The van der Waals surface area contributed by atoms with Crippen LogP contribution >= 0.6 is 15.9 Å². The van der Waals surface area contributed by atoms with Gasteiger partial charge in [0.15, 0.2) is 5.82 Å². The molecule has 0 radical (unpaired) electrons. The molecule has 0 spiro atoms. The summed E-state index contributed by atoms with van der Waals surface area (Å²) in [5.74, 6) is 1.57. The van der Waals surface area contributed by atoms with E-state index >= 15 is 0 Å². The summed E-state index contributed by atoms with van der Waals surface area (Å²) < 4.78 is 6.20. The van der Waals surface area contributed by atoms with E-state index in [1.165, 1.54) is 0 Å². The molecule has 2 aromatic rings. The van der Waals surface area contributed by atoms with Crippen LogP contribution in [0.5, 0.6) is 5.75 Å². The quantitative estimate of drug-likeness (QED) is 0.941. The van der Waals surface area contributed by atoms with Crippen LogP contribution in [0.1, 0.15) is 6.92 Å². The first-order chi connectivity index (χ1) is 8.76. The Morgan fingerprint density at radius 3 is 2.78 bits per heavy atom. The summed E-state index contributed by atoms with van der Waals surface area (Å²) in [5.41, 5.74) is 1.77. The van der Waals surface area contributed by atoms with Gasteiger partial charge in [0, 0.05) is 29.0 Å². The Morgan fingerprint density at radius 2 is 2.06 bits per heavy atom. The Balaban J connectivity index is 2.53. The average molecular weight is 308 g/mol. The first-order valence-electron chi connectivity index (χ1n) is 5.65. The van der Waals surface area contributed by atoms with Gasteiger partial charge in [-0.2, -0.15) is 0 Å². The van der Waals surface area contributed by atoms with Crippen LogP contribution in [-0.2, 0) is 0 Å². The predicted molar refractivity (Wildman–Crippen MR) is 75.9 cm³/mol. The van der Waals surface area contributed by atoms with Crippen molar-refractivity contribution in [1.29, 1.82) is 0 Å². The van der Waals surface area contributed by atoms with Crippen LogP contribution < -0.4 is 10.1 Å². The standard InChI is InChI=1S/C13H14BrN3O/c1-3-15-13-12(16-6-7-17-13)10-8-9(18-2)4-5-11(10)14/h4-8H,3H2,1-2H3,(H,15,17). The van der Waals surface area contributed by atoms with Crippen molar-refractivity contribution in [1.82, 2.24) is 9.97 Å². The number of ether oxygens (including phenoxy) is 1. The highest BCUT2D eigenvalue weighted by molar-refractivity contribution is 9.10. The Labute approximate surface area is 115 Å². The van der Waals surface area contributed by atoms with E-state index in [-0.39, 0.29) is 0 Å². The van der Waals surface area contributed by atoms with Crippen LogP contribution in [0.15, 0.2) is 35.1 Å². The van der Waals surface area contributed by atoms with Gasteiger partial charge in [-0.25, -0.2) is 4.98 Å². The summed E-state index contributed by atoms with van der Waals surface area (Å²) in [4.78, 5) is 8.70. The third-order valence-electron chi connectivity index (χ3n) is 2.47. The van der Waals surface area contributed by atoms with E-state index in [0.29, 0.717) is 0 Å². The van der Waals surface area contributed by atoms with Crippen molar-refractivity contribution in [3.63, 3.8) is 0 Å². The molecule has 0 aliphatic carbocycles. The van der Waals surface area contributed by atoms with Crippen molar-refractivity contribution in [3.8, 4) is 17.0 Å². The van der Waals surface area contributed by atoms with Gasteiger partial charge in [0.05, 0.1) is 7.11 Å². The number of benzene rings is 1. The fourth-order valence-electron chi connectivity index (χ4n) is 1.64. The van der Waals surface area contributed by atoms with Crippen molar-refractivity contribution >= 4 is 21.7 Å². The van der Waals surface area contributed by atoms with E-state index in [2.05, 4.69) is 31.2 Å². The molecule has 0 atom stereocenters. The molecule has 0 saturated heterocycles. The second-order valence-electron chi connectivity index (χ2n) is 3.63. The first-order valence-corrected chi connectivity index (χ1v) is 6.44. The van der Waals surface area contributed by atoms with Crippen LogP contribution in [0.3, 0.4) is 0 Å². The van der Waals surface area contributed by atoms with E-state index in [9.17, 15) is 0 Å². The summed E-state index contributed by atoms with van der Waals surface area (Å²) in [7, 11) is 1.65. The fourth-order valence-corrected chi connectivity index (χ4v) is 2.08. The molecule has 1 N–H and O–H groups in total. The van der Waals surface area contributed by atoms with Gasteiger partial charge in [-0.3, -0.25) is 4.98 Å². The summed E-state index contributed by atoms with van der Waals surface area (Å²) >= 11 is 3.53. The van der Waals surface area contributed by atoms with Crippen LogP contribution in [0.4, 0.5) is 5.82 Å². The molecule has 4 nitrogen and oxygen atoms in total. The number of halogens is 1. The number of nitrogens with zero attached hydrogens (tertiary/aromatic N) is 2. The molecule has 18 heavy (non-hydrogen) atoms. The van der Waals surface area contributed by atoms with E-state index < -0.39 is 0 Å². The predicted octanol–water partition coefficient (Wildman–Crippen LogP) is 3.35. The second kappa shape index (κ2) is 5.82. The monoisotopic (exact) mass is 307 g/mol. The van der Waals surface area contributed by atoms with Crippen molar-refractivity contribution in [2.24, 2.45) is 0 Å². The normalized spacial score (nSPS) is 10.2. The number of hydrogen-bond donors (Lipinski definition) is 1. The van der Waals surface area contributed by atoms with Crippen LogP contribution in [0.2, 0.25) is 0 Å². The van der Waals surface area contributed by atoms with Gasteiger partial charge >= 0.3 is 0 Å². The lowest BCUT2D eigenvalue weighted by molar-refractivity contribution is 0.415. The lowest BCUT2D eigenvalue weighted by Crippen LogP contribution is -2.02. The highest BCUT2D eigenvalue weighted by Gasteiger charge is 2.11. The largest absolute Gasteiger partial charge is 0.497 e. The zero-order valence-electron chi connectivity index (χ0n) is 10.3. The smallest absolute Gasteiger partial charge is 0.152 e. The van der Waals surface area contributed by atoms with Crippen LogP contribution in [0, 0.1) is 0 Å². The van der Waals surface area contributed by atoms with Crippen LogP contribution in [0.25, 0.3) is 11.3 Å². The lowest BCUT2D eigenvalue weighted by Gasteiger charge is -2.11. The Hall–Kier alpha value is -1.62. The molecule has 0 aliphatic heterocycles. The number of anilines is 1. The van der Waals surface area contributed by atoms with Crippen molar-refractivity contribution in [2.75, 3.05) is 19.0 Å². The summed E-state index contributed by atoms with van der Waals surface area (Å²) in [6.07, 6.45) is 3.36. The highest BCUT2D eigenvalue weighted by Crippen LogP contribution is 2.33. The van der Waals surface area contributed by atoms with E-state index in [1.807, 2.05) is 25.1 Å². The maximum atomic E-state index is 5.24. The zero-order valence-corrected chi connectivity index (χ0v) is 11.9. The van der Waals surface area contributed by atoms with E-state index in [1.54, 1.807) is 19.5 Å². The van der Waals surface area contributed by atoms with E-state index in [4.69, 9.17) is 4.74 Å². The zero-order chi connectivity index (χ0) is 13.0. The molecule has 2 rings (SSSR count). The summed E-state index contributed by atoms with van der Waals surface area (Å²) in [5, 5.41) is 3.20. The number of rotatable bonds is 4. The molecule has 5 heteroatoms. The molecule has 0 unspecified atom stereocenters. The van der Waals surface area contributed by atoms with Gasteiger partial charge in [-0.05, 0) is 25.1 Å². The Morgan fingerprint density at radius 1 is 1.28 bits per heavy atom. The molecule has 0 saturated carbocycles. The SMILES string of the molecule is CCNc1nccnc1-c1cc(OC)ccc1Br. The van der Waals surface area contributed by atoms with Crippen molar-refractivity contribution < 1.29 is 4.74 Å². The molecular weight excluding hydrogens is 294 g/mol. The van der Waals surface area contributed by atoms with Gasteiger partial charge in [-0.1, -0.05) is 15.9 Å². The molecule has 0 amide bonds. The van der Waals surface area contributed by atoms with Gasteiger partial charge in [0.25, 0.3) is 0 Å². The minimum atomic E-state index is 0.772. The maximum Gasteiger partial charge on any atom is 0.152 e. The third-order valence-corrected chi connectivity index (χ3v) is 3.16. The second-order valence-corrected chi connectivity index (χ2v) is 4.48. The summed E-state index contributed by atoms with van der Waals surface area (Å²) in [6, 6.07) is 5.78. The van der Waals surface area contributed by atoms with Crippen LogP contribution in [-0.4, -0.2) is 23.6 Å². The first kappa shape index (κ1) is 12.8. The molecule has 1 heterocycles. The maximum absolute atomic E-state index is 5.24. The van der Waals surface area contributed by atoms with E-state index in [0.717, 1.165) is 33.8 Å². The van der Waals surface area contributed by atoms with Gasteiger partial charge in [0.1, 0.15) is 11.4 Å². The number of hydrogen-bond acceptors (Lipinski definition) is 4. The lowest BCUT2D eigenvalue weighted by atomic mass is 10.1. The topological polar surface area (TPSA) is 47.0 Å². The highest BCUT2D eigenvalue weighted by atomic mass is 79.9. The number of nitrogens with one attached hydrogen (secondary N) is 1. The minimum absolute atomic E-state index is 0.772. The fraction of sp³-hybridized carbons (Fsp3) is 0.231. The Kier molecular flexibility index (Phi) is 4.15. The third kappa shape index (κ3) is 2.61. The molecule has 0 fully saturated rings. The average Bonchev–Trinajstić information content (AvgIpc) is 2.41. The summed E-state index contributed by atoms with van der Waals surface area (Å²) in [6.45, 7) is 2.83. The van der Waals surface area contributed by atoms with Crippen molar-refractivity contribution in [3.05, 3.63) is 35.1 Å². The van der Waals surface area contributed by atoms with Gasteiger partial charge in [0.2, 0.25) is 0 Å². The molecular formula is C13H14BrN3O. The van der Waals surface area contributed by atoms with Gasteiger partial charge < -0.3 is 10.1 Å². The molecule has 94 valence electrons. The van der Waals surface area contributed by atoms with Gasteiger partial charge in [-0.15, -0.1) is 0 Å². The number of methoxy groups -OCH3 is 1. The number of aromatic nitrogens is 2. The Bertz CT molecular complexity index is 546. The molecule has 0 aliphatic rings. The van der Waals surface area contributed by atoms with Crippen molar-refractivity contribution in [2.45, 2.75) is 6.92 Å². The molecule has 1 aromatic carbocycles. The minimum Gasteiger partial charge on any atom is -0.497 e.